The van der Waals surface area contributed by atoms with Gasteiger partial charge in [0.2, 0.25) is 5.95 Å². The lowest BCUT2D eigenvalue weighted by atomic mass is 10.1. The molecule has 1 aromatic carbocycles. The third kappa shape index (κ3) is 4.24. The Balaban J connectivity index is 1.82. The zero-order valence-corrected chi connectivity index (χ0v) is 15.7. The Morgan fingerprint density at radius 2 is 2.12 bits per heavy atom. The van der Waals surface area contributed by atoms with Gasteiger partial charge >= 0.3 is 0 Å². The van der Waals surface area contributed by atoms with Crippen LogP contribution >= 0.6 is 11.8 Å². The van der Waals surface area contributed by atoms with Crippen molar-refractivity contribution >= 4 is 29.0 Å². The van der Waals surface area contributed by atoms with E-state index in [2.05, 4.69) is 40.5 Å². The smallest absolute Gasteiger partial charge is 0.223 e. The lowest BCUT2D eigenvalue weighted by Crippen LogP contribution is -2.17. The van der Waals surface area contributed by atoms with E-state index in [1.54, 1.807) is 12.3 Å². The Morgan fingerprint density at radius 1 is 1.31 bits per heavy atom. The Hall–Kier alpha value is -2.78. The number of allylic oxidation sites excluding steroid dienone is 1. The van der Waals surface area contributed by atoms with Crippen molar-refractivity contribution in [2.45, 2.75) is 32.7 Å². The van der Waals surface area contributed by atoms with E-state index in [0.29, 0.717) is 23.3 Å². The summed E-state index contributed by atoms with van der Waals surface area (Å²) in [5, 5.41) is 19.1. The predicted octanol–water partition coefficient (Wildman–Crippen LogP) is 4.60. The van der Waals surface area contributed by atoms with Crippen molar-refractivity contribution in [2.24, 2.45) is 0 Å². The van der Waals surface area contributed by atoms with Gasteiger partial charge in [0.05, 0.1) is 16.4 Å². The fourth-order valence-electron chi connectivity index (χ4n) is 2.70. The number of anilines is 1. The number of thioether (sulfide) groups is 1. The SMILES string of the molecule is CCCC(C)Nc1nccc(/C(C#N)=C2/NC(c3ccccc3)=CS2)n1. The number of rotatable bonds is 6. The molecule has 0 bridgehead atoms. The summed E-state index contributed by atoms with van der Waals surface area (Å²) in [6.07, 6.45) is 3.82. The van der Waals surface area contributed by atoms with Crippen LogP contribution in [0.1, 0.15) is 37.9 Å². The molecule has 0 spiro atoms. The molecule has 2 heterocycles. The lowest BCUT2D eigenvalue weighted by Gasteiger charge is -2.13. The van der Waals surface area contributed by atoms with Crippen LogP contribution in [0.3, 0.4) is 0 Å². The molecule has 1 aromatic heterocycles. The summed E-state index contributed by atoms with van der Waals surface area (Å²) in [4.78, 5) is 8.80. The summed E-state index contributed by atoms with van der Waals surface area (Å²) in [7, 11) is 0. The molecule has 1 unspecified atom stereocenters. The molecule has 5 nitrogen and oxygen atoms in total. The minimum Gasteiger partial charge on any atom is -0.352 e. The first-order valence-corrected chi connectivity index (χ1v) is 9.52. The average molecular weight is 363 g/mol. The fourth-order valence-corrected chi connectivity index (χ4v) is 3.56. The summed E-state index contributed by atoms with van der Waals surface area (Å²) < 4.78 is 0. The molecule has 1 aliphatic rings. The van der Waals surface area contributed by atoms with Crippen molar-refractivity contribution in [1.82, 2.24) is 15.3 Å². The summed E-state index contributed by atoms with van der Waals surface area (Å²) >= 11 is 1.50. The van der Waals surface area contributed by atoms with E-state index >= 15 is 0 Å². The molecule has 3 rings (SSSR count). The second kappa shape index (κ2) is 8.54. The molecule has 1 atom stereocenters. The van der Waals surface area contributed by atoms with Crippen molar-refractivity contribution < 1.29 is 0 Å². The molecule has 1 aliphatic heterocycles. The highest BCUT2D eigenvalue weighted by molar-refractivity contribution is 8.06. The normalized spacial score (nSPS) is 16.3. The fraction of sp³-hybridized carbons (Fsp3) is 0.250. The van der Waals surface area contributed by atoms with Crippen LogP contribution in [0.25, 0.3) is 11.3 Å². The predicted molar refractivity (Wildman–Crippen MR) is 108 cm³/mol. The van der Waals surface area contributed by atoms with E-state index in [1.165, 1.54) is 11.8 Å². The number of nitrogens with one attached hydrogen (secondary N) is 2. The molecule has 6 heteroatoms. The Bertz CT molecular complexity index is 867. The van der Waals surface area contributed by atoms with Gasteiger partial charge in [-0.2, -0.15) is 5.26 Å². The van der Waals surface area contributed by atoms with E-state index in [0.717, 1.165) is 29.1 Å². The monoisotopic (exact) mass is 363 g/mol. The van der Waals surface area contributed by atoms with Crippen LogP contribution in [0.5, 0.6) is 0 Å². The zero-order chi connectivity index (χ0) is 18.4. The van der Waals surface area contributed by atoms with E-state index in [4.69, 9.17) is 0 Å². The first-order chi connectivity index (χ1) is 12.7. The number of nitrogens with zero attached hydrogens (tertiary/aromatic N) is 3. The van der Waals surface area contributed by atoms with Crippen LogP contribution in [-0.2, 0) is 0 Å². The minimum atomic E-state index is 0.291. The molecule has 2 aromatic rings. The van der Waals surface area contributed by atoms with Gasteiger partial charge in [-0.1, -0.05) is 55.4 Å². The Morgan fingerprint density at radius 3 is 2.85 bits per heavy atom. The molecule has 0 saturated heterocycles. The van der Waals surface area contributed by atoms with E-state index in [-0.39, 0.29) is 0 Å². The molecular formula is C20H21N5S. The van der Waals surface area contributed by atoms with Gasteiger partial charge in [-0.05, 0) is 25.0 Å². The maximum absolute atomic E-state index is 9.69. The van der Waals surface area contributed by atoms with Gasteiger partial charge in [0.1, 0.15) is 11.6 Å². The second-order valence-corrected chi connectivity index (χ2v) is 6.94. The molecule has 0 saturated carbocycles. The van der Waals surface area contributed by atoms with Gasteiger partial charge in [-0.3, -0.25) is 0 Å². The maximum atomic E-state index is 9.69. The van der Waals surface area contributed by atoms with Gasteiger partial charge in [-0.25, -0.2) is 9.97 Å². The van der Waals surface area contributed by atoms with Crippen molar-refractivity contribution in [2.75, 3.05) is 5.32 Å². The number of hydrogen-bond acceptors (Lipinski definition) is 6. The quantitative estimate of drug-likeness (QED) is 0.731. The van der Waals surface area contributed by atoms with Crippen LogP contribution < -0.4 is 10.6 Å². The van der Waals surface area contributed by atoms with Crippen molar-refractivity contribution in [3.05, 3.63) is 64.3 Å². The van der Waals surface area contributed by atoms with Gasteiger partial charge in [0.25, 0.3) is 0 Å². The molecule has 2 N–H and O–H groups in total. The van der Waals surface area contributed by atoms with Crippen LogP contribution in [0.15, 0.2) is 53.0 Å². The standard InChI is InChI=1S/C20H21N5S/c1-3-7-14(2)23-20-22-11-10-17(25-20)16(12-21)19-24-18(13-26-19)15-8-5-4-6-9-15/h4-6,8-11,13-14,24H,3,7H2,1-2H3,(H,22,23,25)/b19-16-. The van der Waals surface area contributed by atoms with Crippen molar-refractivity contribution in [1.29, 1.82) is 5.26 Å². The molecule has 0 amide bonds. The first-order valence-electron chi connectivity index (χ1n) is 8.65. The third-order valence-electron chi connectivity index (χ3n) is 3.98. The molecule has 132 valence electrons. The largest absolute Gasteiger partial charge is 0.352 e. The maximum Gasteiger partial charge on any atom is 0.223 e. The number of aromatic nitrogens is 2. The van der Waals surface area contributed by atoms with Gasteiger partial charge in [-0.15, -0.1) is 0 Å². The Kier molecular flexibility index (Phi) is 5.92. The number of nitriles is 1. The highest BCUT2D eigenvalue weighted by Crippen LogP contribution is 2.34. The van der Waals surface area contributed by atoms with Crippen LogP contribution in [0.4, 0.5) is 5.95 Å². The van der Waals surface area contributed by atoms with Gasteiger partial charge in [0, 0.05) is 17.6 Å². The zero-order valence-electron chi connectivity index (χ0n) is 14.9. The molecule has 0 radical (unpaired) electrons. The van der Waals surface area contributed by atoms with Gasteiger partial charge in [0.15, 0.2) is 0 Å². The average Bonchev–Trinajstić information content (AvgIpc) is 3.13. The Labute approximate surface area is 158 Å². The molecule has 26 heavy (non-hydrogen) atoms. The van der Waals surface area contributed by atoms with E-state index in [9.17, 15) is 5.26 Å². The van der Waals surface area contributed by atoms with Gasteiger partial charge < -0.3 is 10.6 Å². The summed E-state index contributed by atoms with van der Waals surface area (Å²) in [5.41, 5.74) is 3.21. The van der Waals surface area contributed by atoms with Crippen LogP contribution in [0.2, 0.25) is 0 Å². The first kappa shape index (κ1) is 18.0. The molecule has 0 aliphatic carbocycles. The number of hydrogen-bond donors (Lipinski definition) is 2. The number of benzene rings is 1. The van der Waals surface area contributed by atoms with E-state index in [1.807, 2.05) is 35.7 Å². The molecular weight excluding hydrogens is 342 g/mol. The van der Waals surface area contributed by atoms with Crippen molar-refractivity contribution in [3.8, 4) is 6.07 Å². The minimum absolute atomic E-state index is 0.291. The molecule has 0 fully saturated rings. The topological polar surface area (TPSA) is 73.6 Å². The highest BCUT2D eigenvalue weighted by atomic mass is 32.2. The second-order valence-electron chi connectivity index (χ2n) is 6.06. The lowest BCUT2D eigenvalue weighted by molar-refractivity contribution is 0.683. The summed E-state index contributed by atoms with van der Waals surface area (Å²) in [6, 6.07) is 14.4. The van der Waals surface area contributed by atoms with Crippen molar-refractivity contribution in [3.63, 3.8) is 0 Å². The van der Waals surface area contributed by atoms with Crippen LogP contribution in [0, 0.1) is 11.3 Å². The van der Waals surface area contributed by atoms with Crippen LogP contribution in [-0.4, -0.2) is 16.0 Å². The van der Waals surface area contributed by atoms with E-state index < -0.39 is 0 Å². The third-order valence-corrected chi connectivity index (χ3v) is 4.87. The summed E-state index contributed by atoms with van der Waals surface area (Å²) in [6.45, 7) is 4.25. The highest BCUT2D eigenvalue weighted by Gasteiger charge is 2.18. The summed E-state index contributed by atoms with van der Waals surface area (Å²) in [5.74, 6) is 0.552.